The highest BCUT2D eigenvalue weighted by Gasteiger charge is 2.22. The van der Waals surface area contributed by atoms with E-state index in [9.17, 15) is 17.2 Å². The smallest absolute Gasteiger partial charge is 0.240 e. The fourth-order valence-electron chi connectivity index (χ4n) is 3.03. The van der Waals surface area contributed by atoms with Crippen LogP contribution in [-0.2, 0) is 10.0 Å². The van der Waals surface area contributed by atoms with Gasteiger partial charge < -0.3 is 4.90 Å². The van der Waals surface area contributed by atoms with Crippen LogP contribution in [0.1, 0.15) is 23.6 Å². The molecule has 1 aromatic heterocycles. The number of rotatable bonds is 6. The minimum Gasteiger partial charge on any atom is -0.302 e. The molecule has 0 amide bonds. The molecule has 1 aliphatic rings. The van der Waals surface area contributed by atoms with E-state index in [0.29, 0.717) is 18.5 Å². The maximum Gasteiger partial charge on any atom is 0.240 e. The van der Waals surface area contributed by atoms with Gasteiger partial charge in [0.1, 0.15) is 0 Å². The van der Waals surface area contributed by atoms with Gasteiger partial charge in [-0.2, -0.15) is 0 Å². The minimum absolute atomic E-state index is 0.241. The van der Waals surface area contributed by atoms with E-state index in [1.54, 1.807) is 11.3 Å². The molecule has 1 fully saturated rings. The molecule has 25 heavy (non-hydrogen) atoms. The average molecular weight is 386 g/mol. The van der Waals surface area contributed by atoms with Gasteiger partial charge in [-0.1, -0.05) is 6.07 Å². The number of benzene rings is 1. The molecule has 0 aliphatic carbocycles. The van der Waals surface area contributed by atoms with E-state index in [1.165, 1.54) is 4.88 Å². The molecule has 0 atom stereocenters. The lowest BCUT2D eigenvalue weighted by Gasteiger charge is -2.31. The monoisotopic (exact) mass is 386 g/mol. The summed E-state index contributed by atoms with van der Waals surface area (Å²) in [5.74, 6) is -1.64. The van der Waals surface area contributed by atoms with Crippen LogP contribution >= 0.6 is 11.3 Å². The molecule has 136 valence electrons. The largest absolute Gasteiger partial charge is 0.302 e. The Balaban J connectivity index is 1.47. The lowest BCUT2D eigenvalue weighted by Crippen LogP contribution is -2.39. The molecule has 4 nitrogen and oxygen atoms in total. The van der Waals surface area contributed by atoms with E-state index in [2.05, 4.69) is 27.1 Å². The molecule has 0 saturated carbocycles. The predicted molar refractivity (Wildman–Crippen MR) is 94.3 cm³/mol. The minimum atomic E-state index is -3.83. The Morgan fingerprint density at radius 3 is 2.56 bits per heavy atom. The van der Waals surface area contributed by atoms with Gasteiger partial charge in [0.15, 0.2) is 11.6 Å². The van der Waals surface area contributed by atoms with Crippen LogP contribution in [0.5, 0.6) is 0 Å². The molecule has 1 saturated heterocycles. The Kier molecular flexibility index (Phi) is 5.83. The van der Waals surface area contributed by atoms with Crippen molar-refractivity contribution in [2.24, 2.45) is 0 Å². The third-order valence-corrected chi connectivity index (χ3v) is 6.95. The van der Waals surface area contributed by atoms with Crippen LogP contribution in [0.15, 0.2) is 40.6 Å². The Hall–Kier alpha value is -1.35. The summed E-state index contributed by atoms with van der Waals surface area (Å²) < 4.78 is 52.8. The molecule has 1 aliphatic heterocycles. The van der Waals surface area contributed by atoms with E-state index < -0.39 is 21.7 Å². The summed E-state index contributed by atoms with van der Waals surface area (Å²) in [6.45, 7) is 2.69. The highest BCUT2D eigenvalue weighted by atomic mass is 32.2. The van der Waals surface area contributed by atoms with Crippen molar-refractivity contribution in [1.82, 2.24) is 9.62 Å². The van der Waals surface area contributed by atoms with E-state index in [-0.39, 0.29) is 11.4 Å². The number of sulfonamides is 1. The second-order valence-corrected chi connectivity index (χ2v) is 8.85. The fraction of sp³-hybridized carbons (Fsp3) is 0.412. The molecule has 3 rings (SSSR count). The van der Waals surface area contributed by atoms with Crippen molar-refractivity contribution >= 4 is 21.4 Å². The lowest BCUT2D eigenvalue weighted by molar-refractivity contribution is 0.217. The first-order chi connectivity index (χ1) is 12.0. The van der Waals surface area contributed by atoms with E-state index in [1.807, 2.05) is 0 Å². The third-order valence-electron chi connectivity index (χ3n) is 4.45. The van der Waals surface area contributed by atoms with E-state index in [0.717, 1.165) is 38.1 Å². The molecule has 8 heteroatoms. The molecular weight excluding hydrogens is 366 g/mol. The van der Waals surface area contributed by atoms with Crippen molar-refractivity contribution in [3.63, 3.8) is 0 Å². The third kappa shape index (κ3) is 4.63. The molecule has 2 heterocycles. The van der Waals surface area contributed by atoms with Crippen molar-refractivity contribution in [1.29, 1.82) is 0 Å². The maximum atomic E-state index is 13.2. The maximum absolute atomic E-state index is 13.2. The number of halogens is 2. The van der Waals surface area contributed by atoms with Crippen LogP contribution in [0.25, 0.3) is 0 Å². The Morgan fingerprint density at radius 2 is 1.92 bits per heavy atom. The number of likely N-dealkylation sites (tertiary alicyclic amines) is 1. The van der Waals surface area contributed by atoms with Gasteiger partial charge in [0, 0.05) is 18.0 Å². The zero-order valence-corrected chi connectivity index (χ0v) is 15.3. The van der Waals surface area contributed by atoms with Gasteiger partial charge in [0.2, 0.25) is 10.0 Å². The standard InChI is InChI=1S/C17H20F2N2O2S2/c18-15-4-3-14(12-16(15)19)25(22,23)20-7-10-21-8-5-13(6-9-21)17-2-1-11-24-17/h1-4,11-13,20H,5-10H2. The Bertz CT molecular complexity index is 802. The van der Waals surface area contributed by atoms with Crippen molar-refractivity contribution in [2.45, 2.75) is 23.7 Å². The second kappa shape index (κ2) is 7.90. The number of hydrogen-bond acceptors (Lipinski definition) is 4. The molecule has 1 aromatic carbocycles. The average Bonchev–Trinajstić information content (AvgIpc) is 3.12. The van der Waals surface area contributed by atoms with Gasteiger partial charge in [0.25, 0.3) is 0 Å². The zero-order valence-electron chi connectivity index (χ0n) is 13.6. The number of piperidine rings is 1. The quantitative estimate of drug-likeness (QED) is 0.830. The van der Waals surface area contributed by atoms with E-state index >= 15 is 0 Å². The second-order valence-electron chi connectivity index (χ2n) is 6.11. The molecule has 2 aromatic rings. The van der Waals surface area contributed by atoms with Gasteiger partial charge in [-0.05, 0) is 61.5 Å². The van der Waals surface area contributed by atoms with Gasteiger partial charge >= 0.3 is 0 Å². The fourth-order valence-corrected chi connectivity index (χ4v) is 4.96. The number of thiophene rings is 1. The first kappa shape index (κ1) is 18.4. The van der Waals surface area contributed by atoms with Crippen LogP contribution < -0.4 is 4.72 Å². The summed E-state index contributed by atoms with van der Waals surface area (Å²) in [4.78, 5) is 3.37. The molecule has 1 N–H and O–H groups in total. The summed E-state index contributed by atoms with van der Waals surface area (Å²) >= 11 is 1.78. The topological polar surface area (TPSA) is 49.4 Å². The lowest BCUT2D eigenvalue weighted by atomic mass is 9.95. The first-order valence-corrected chi connectivity index (χ1v) is 10.5. The summed E-state index contributed by atoms with van der Waals surface area (Å²) in [6, 6.07) is 6.82. The van der Waals surface area contributed by atoms with Gasteiger partial charge in [-0.3, -0.25) is 0 Å². The van der Waals surface area contributed by atoms with Crippen LogP contribution in [-0.4, -0.2) is 39.5 Å². The number of hydrogen-bond donors (Lipinski definition) is 1. The van der Waals surface area contributed by atoms with Crippen molar-refractivity contribution < 1.29 is 17.2 Å². The van der Waals surface area contributed by atoms with Gasteiger partial charge in [0.05, 0.1) is 4.90 Å². The van der Waals surface area contributed by atoms with Crippen LogP contribution in [0, 0.1) is 11.6 Å². The predicted octanol–water partition coefficient (Wildman–Crippen LogP) is 3.18. The Labute approximate surface area is 150 Å². The highest BCUT2D eigenvalue weighted by Crippen LogP contribution is 2.30. The van der Waals surface area contributed by atoms with Gasteiger partial charge in [-0.25, -0.2) is 21.9 Å². The Morgan fingerprint density at radius 1 is 1.16 bits per heavy atom. The van der Waals surface area contributed by atoms with Crippen molar-refractivity contribution in [3.05, 3.63) is 52.2 Å². The summed E-state index contributed by atoms with van der Waals surface area (Å²) in [7, 11) is -3.83. The summed E-state index contributed by atoms with van der Waals surface area (Å²) in [5, 5.41) is 2.09. The van der Waals surface area contributed by atoms with Crippen molar-refractivity contribution in [2.75, 3.05) is 26.2 Å². The van der Waals surface area contributed by atoms with Crippen LogP contribution in [0.2, 0.25) is 0 Å². The first-order valence-electron chi connectivity index (χ1n) is 8.16. The molecule has 0 bridgehead atoms. The van der Waals surface area contributed by atoms with Gasteiger partial charge in [-0.15, -0.1) is 11.3 Å². The molecule has 0 unspecified atom stereocenters. The molecule has 0 radical (unpaired) electrons. The van der Waals surface area contributed by atoms with Crippen molar-refractivity contribution in [3.8, 4) is 0 Å². The zero-order chi connectivity index (χ0) is 17.9. The van der Waals surface area contributed by atoms with E-state index in [4.69, 9.17) is 0 Å². The molecule has 0 spiro atoms. The SMILES string of the molecule is O=S(=O)(NCCN1CCC(c2cccs2)CC1)c1ccc(F)c(F)c1. The normalized spacial score (nSPS) is 17.0. The summed E-state index contributed by atoms with van der Waals surface area (Å²) in [5.41, 5.74) is 0. The number of nitrogens with one attached hydrogen (secondary N) is 1. The van der Waals surface area contributed by atoms with Crippen LogP contribution in [0.3, 0.4) is 0 Å². The van der Waals surface area contributed by atoms with Crippen LogP contribution in [0.4, 0.5) is 8.78 Å². The highest BCUT2D eigenvalue weighted by molar-refractivity contribution is 7.89. The molecular formula is C17H20F2N2O2S2. The number of nitrogens with zero attached hydrogens (tertiary/aromatic N) is 1. The summed E-state index contributed by atoms with van der Waals surface area (Å²) in [6.07, 6.45) is 2.13.